The van der Waals surface area contributed by atoms with Crippen molar-refractivity contribution in [2.24, 2.45) is 5.92 Å². The number of carbonyl (C=O) groups is 1. The Hall–Kier alpha value is -2.36. The zero-order valence-corrected chi connectivity index (χ0v) is 17.0. The number of nitrogens with one attached hydrogen (secondary N) is 2. The van der Waals surface area contributed by atoms with Crippen LogP contribution in [0.25, 0.3) is 0 Å². The Morgan fingerprint density at radius 1 is 1.21 bits per heavy atom. The molecule has 0 saturated carbocycles. The monoisotopic (exact) mass is 414 g/mol. The molecule has 1 aliphatic rings. The molecule has 1 aliphatic heterocycles. The third-order valence-electron chi connectivity index (χ3n) is 4.84. The quantitative estimate of drug-likeness (QED) is 0.615. The molecular formula is C19H22N6OS2. The number of amides is 1. The summed E-state index contributed by atoms with van der Waals surface area (Å²) in [6, 6.07) is 7.95. The molecule has 2 N–H and O–H groups in total. The van der Waals surface area contributed by atoms with Crippen LogP contribution in [0.4, 0.5) is 10.9 Å². The molecule has 0 spiro atoms. The van der Waals surface area contributed by atoms with E-state index < -0.39 is 0 Å². The first kappa shape index (κ1) is 19.0. The molecule has 9 heteroatoms. The number of hydrogen-bond acceptors (Lipinski definition) is 8. The van der Waals surface area contributed by atoms with Gasteiger partial charge in [0.05, 0.1) is 5.56 Å². The highest BCUT2D eigenvalue weighted by molar-refractivity contribution is 7.13. The first-order valence-electron chi connectivity index (χ1n) is 9.28. The third-order valence-corrected chi connectivity index (χ3v) is 6.31. The standard InChI is InChI=1S/C19H22N6OS2/c26-18(23-19-24-22-13-28-19)15-3-4-17(21-11-15)20-10-14-5-7-25(8-6-14)12-16-2-1-9-27-16/h1-4,9,11,13-14H,5-8,10,12H2,(H,20,21)(H,23,24,26). The Morgan fingerprint density at radius 2 is 2.11 bits per heavy atom. The molecular weight excluding hydrogens is 392 g/mol. The largest absolute Gasteiger partial charge is 0.370 e. The van der Waals surface area contributed by atoms with Crippen molar-refractivity contribution in [2.45, 2.75) is 19.4 Å². The average Bonchev–Trinajstić information content (AvgIpc) is 3.42. The lowest BCUT2D eigenvalue weighted by molar-refractivity contribution is 0.102. The van der Waals surface area contributed by atoms with Crippen LogP contribution < -0.4 is 10.6 Å². The van der Waals surface area contributed by atoms with Crippen molar-refractivity contribution in [3.63, 3.8) is 0 Å². The molecule has 3 aromatic heterocycles. The minimum atomic E-state index is -0.228. The molecule has 3 aromatic rings. The molecule has 0 radical (unpaired) electrons. The van der Waals surface area contributed by atoms with Crippen molar-refractivity contribution < 1.29 is 4.79 Å². The van der Waals surface area contributed by atoms with Gasteiger partial charge in [-0.05, 0) is 55.4 Å². The van der Waals surface area contributed by atoms with Crippen LogP contribution in [-0.4, -0.2) is 45.6 Å². The normalized spacial score (nSPS) is 15.4. The molecule has 0 atom stereocenters. The molecule has 1 amide bonds. The molecule has 0 aliphatic carbocycles. The highest BCUT2D eigenvalue weighted by Gasteiger charge is 2.19. The van der Waals surface area contributed by atoms with Crippen molar-refractivity contribution in [1.82, 2.24) is 20.1 Å². The number of aromatic nitrogens is 3. The van der Waals surface area contributed by atoms with Crippen LogP contribution in [0.15, 0.2) is 41.4 Å². The summed E-state index contributed by atoms with van der Waals surface area (Å²) in [4.78, 5) is 20.5. The van der Waals surface area contributed by atoms with E-state index >= 15 is 0 Å². The first-order chi connectivity index (χ1) is 13.8. The van der Waals surface area contributed by atoms with Crippen LogP contribution in [0.1, 0.15) is 28.1 Å². The van der Waals surface area contributed by atoms with Crippen LogP contribution >= 0.6 is 22.7 Å². The minimum Gasteiger partial charge on any atom is -0.370 e. The van der Waals surface area contributed by atoms with Crippen LogP contribution in [0.2, 0.25) is 0 Å². The predicted octanol–water partition coefficient (Wildman–Crippen LogP) is 3.57. The van der Waals surface area contributed by atoms with Crippen molar-refractivity contribution in [3.8, 4) is 0 Å². The van der Waals surface area contributed by atoms with Gasteiger partial charge in [0.1, 0.15) is 11.3 Å². The fourth-order valence-corrected chi connectivity index (χ4v) is 4.44. The van der Waals surface area contributed by atoms with Crippen molar-refractivity contribution in [3.05, 3.63) is 51.8 Å². The van der Waals surface area contributed by atoms with Gasteiger partial charge in [0, 0.05) is 24.2 Å². The van der Waals surface area contributed by atoms with Gasteiger partial charge in [-0.3, -0.25) is 15.0 Å². The van der Waals surface area contributed by atoms with E-state index in [0.717, 1.165) is 32.0 Å². The molecule has 0 aromatic carbocycles. The summed E-state index contributed by atoms with van der Waals surface area (Å²) in [5, 5.41) is 16.2. The zero-order valence-electron chi connectivity index (χ0n) is 15.4. The van der Waals surface area contributed by atoms with Gasteiger partial charge >= 0.3 is 0 Å². The summed E-state index contributed by atoms with van der Waals surface area (Å²) >= 11 is 3.12. The minimum absolute atomic E-state index is 0.228. The first-order valence-corrected chi connectivity index (χ1v) is 11.0. The van der Waals surface area contributed by atoms with Gasteiger partial charge in [0.15, 0.2) is 0 Å². The maximum absolute atomic E-state index is 12.1. The number of piperidine rings is 1. The summed E-state index contributed by atoms with van der Waals surface area (Å²) in [5.41, 5.74) is 2.08. The molecule has 4 heterocycles. The van der Waals surface area contributed by atoms with Crippen molar-refractivity contribution in [2.75, 3.05) is 30.3 Å². The van der Waals surface area contributed by atoms with Gasteiger partial charge in [-0.25, -0.2) is 4.98 Å². The van der Waals surface area contributed by atoms with E-state index in [9.17, 15) is 4.79 Å². The van der Waals surface area contributed by atoms with Crippen LogP contribution in [-0.2, 0) is 6.54 Å². The highest BCUT2D eigenvalue weighted by atomic mass is 32.1. The fourth-order valence-electron chi connectivity index (χ4n) is 3.25. The maximum atomic E-state index is 12.1. The smallest absolute Gasteiger partial charge is 0.259 e. The molecule has 1 saturated heterocycles. The van der Waals surface area contributed by atoms with Crippen LogP contribution in [0.3, 0.4) is 0 Å². The molecule has 4 rings (SSSR count). The Kier molecular flexibility index (Phi) is 6.25. The van der Waals surface area contributed by atoms with E-state index in [0.29, 0.717) is 16.6 Å². The van der Waals surface area contributed by atoms with E-state index in [1.54, 1.807) is 17.8 Å². The second kappa shape index (κ2) is 9.22. The Labute approximate surface area is 171 Å². The summed E-state index contributed by atoms with van der Waals surface area (Å²) in [5.74, 6) is 1.23. The van der Waals surface area contributed by atoms with Gasteiger partial charge in [-0.15, -0.1) is 21.5 Å². The predicted molar refractivity (Wildman–Crippen MR) is 113 cm³/mol. The molecule has 0 unspecified atom stereocenters. The average molecular weight is 415 g/mol. The van der Waals surface area contributed by atoms with Gasteiger partial charge in [0.2, 0.25) is 5.13 Å². The van der Waals surface area contributed by atoms with E-state index in [2.05, 4.69) is 48.2 Å². The summed E-state index contributed by atoms with van der Waals surface area (Å²) < 4.78 is 0. The number of rotatable bonds is 7. The van der Waals surface area contributed by atoms with Crippen LogP contribution in [0.5, 0.6) is 0 Å². The number of thiophene rings is 1. The second-order valence-electron chi connectivity index (χ2n) is 6.81. The molecule has 0 bridgehead atoms. The lowest BCUT2D eigenvalue weighted by Crippen LogP contribution is -2.35. The summed E-state index contributed by atoms with van der Waals surface area (Å²) in [6.45, 7) is 4.26. The SMILES string of the molecule is O=C(Nc1nncs1)c1ccc(NCC2CCN(Cc3cccs3)CC2)nc1. The van der Waals surface area contributed by atoms with E-state index in [1.165, 1.54) is 29.1 Å². The second-order valence-corrected chi connectivity index (χ2v) is 8.68. The number of carbonyl (C=O) groups excluding carboxylic acids is 1. The van der Waals surface area contributed by atoms with E-state index in [-0.39, 0.29) is 5.91 Å². The Bertz CT molecular complexity index is 858. The lowest BCUT2D eigenvalue weighted by Gasteiger charge is -2.31. The summed E-state index contributed by atoms with van der Waals surface area (Å²) in [6.07, 6.45) is 3.98. The van der Waals surface area contributed by atoms with E-state index in [4.69, 9.17) is 0 Å². The number of pyridine rings is 1. The van der Waals surface area contributed by atoms with Crippen molar-refractivity contribution in [1.29, 1.82) is 0 Å². The number of anilines is 2. The van der Waals surface area contributed by atoms with Crippen LogP contribution in [0, 0.1) is 5.92 Å². The fraction of sp³-hybridized carbons (Fsp3) is 0.368. The Morgan fingerprint density at radius 3 is 2.79 bits per heavy atom. The van der Waals surface area contributed by atoms with Gasteiger partial charge in [-0.2, -0.15) is 0 Å². The zero-order chi connectivity index (χ0) is 19.2. The topological polar surface area (TPSA) is 83.0 Å². The number of likely N-dealkylation sites (tertiary alicyclic amines) is 1. The third kappa shape index (κ3) is 5.12. The number of hydrogen-bond donors (Lipinski definition) is 2. The van der Waals surface area contributed by atoms with Crippen molar-refractivity contribution >= 4 is 39.5 Å². The molecule has 146 valence electrons. The molecule has 28 heavy (non-hydrogen) atoms. The van der Waals surface area contributed by atoms with Gasteiger partial charge < -0.3 is 5.32 Å². The summed E-state index contributed by atoms with van der Waals surface area (Å²) in [7, 11) is 0. The van der Waals surface area contributed by atoms with E-state index in [1.807, 2.05) is 17.4 Å². The van der Waals surface area contributed by atoms with Gasteiger partial charge in [-0.1, -0.05) is 17.4 Å². The van der Waals surface area contributed by atoms with Gasteiger partial charge in [0.25, 0.3) is 5.91 Å². The highest BCUT2D eigenvalue weighted by Crippen LogP contribution is 2.21. The molecule has 1 fully saturated rings. The maximum Gasteiger partial charge on any atom is 0.259 e. The Balaban J connectivity index is 1.20. The molecule has 7 nitrogen and oxygen atoms in total. The number of nitrogens with zero attached hydrogens (tertiary/aromatic N) is 4. The lowest BCUT2D eigenvalue weighted by atomic mass is 9.97.